The summed E-state index contributed by atoms with van der Waals surface area (Å²) >= 11 is 0. The minimum absolute atomic E-state index is 0.262. The lowest BCUT2D eigenvalue weighted by Crippen LogP contribution is -2.45. The Balaban J connectivity index is 2.04. The first-order valence-corrected chi connectivity index (χ1v) is 8.08. The van der Waals surface area contributed by atoms with E-state index in [0.717, 1.165) is 16.9 Å². The normalized spacial score (nSPS) is 17.1. The van der Waals surface area contributed by atoms with E-state index in [1.165, 1.54) is 0 Å². The average molecular weight is 340 g/mol. The highest BCUT2D eigenvalue weighted by Crippen LogP contribution is 2.30. The van der Waals surface area contributed by atoms with Gasteiger partial charge in [-0.1, -0.05) is 18.2 Å². The molecule has 7 nitrogen and oxygen atoms in total. The van der Waals surface area contributed by atoms with Crippen LogP contribution < -0.4 is 10.6 Å². The zero-order chi connectivity index (χ0) is 18.0. The first-order chi connectivity index (χ1) is 12.0. The molecular weight excluding hydrogens is 320 g/mol. The number of nitrogens with one attached hydrogen (secondary N) is 2. The SMILES string of the molecule is CCOC(=O)C1=C(C)NC(=O)N[C@@H]1c1cn(-c2ccccc2)nc1C. The maximum absolute atomic E-state index is 12.4. The van der Waals surface area contributed by atoms with Crippen molar-refractivity contribution < 1.29 is 14.3 Å². The third kappa shape index (κ3) is 3.26. The summed E-state index contributed by atoms with van der Waals surface area (Å²) < 4.78 is 6.89. The van der Waals surface area contributed by atoms with Gasteiger partial charge in [0.1, 0.15) is 0 Å². The van der Waals surface area contributed by atoms with E-state index >= 15 is 0 Å². The standard InChI is InChI=1S/C18H20N4O3/c1-4-25-17(23)15-12(3)19-18(24)20-16(15)14-10-22(21-11(14)2)13-8-6-5-7-9-13/h5-10,16H,4H2,1-3H3,(H2,19,20,24)/t16-/m1/s1. The van der Waals surface area contributed by atoms with Crippen LogP contribution in [0.3, 0.4) is 0 Å². The van der Waals surface area contributed by atoms with Crippen molar-refractivity contribution in [2.24, 2.45) is 0 Å². The van der Waals surface area contributed by atoms with Crippen molar-refractivity contribution in [1.82, 2.24) is 20.4 Å². The predicted molar refractivity (Wildman–Crippen MR) is 92.0 cm³/mol. The fourth-order valence-electron chi connectivity index (χ4n) is 2.88. The van der Waals surface area contributed by atoms with Gasteiger partial charge in [0.25, 0.3) is 0 Å². The number of nitrogens with zero attached hydrogens (tertiary/aromatic N) is 2. The molecule has 2 N–H and O–H groups in total. The number of urea groups is 1. The Kier molecular flexibility index (Phi) is 4.56. The maximum atomic E-state index is 12.4. The molecule has 0 saturated heterocycles. The molecule has 1 aliphatic rings. The van der Waals surface area contributed by atoms with Gasteiger partial charge in [0.05, 0.1) is 29.6 Å². The Morgan fingerprint density at radius 2 is 2.00 bits per heavy atom. The van der Waals surface area contributed by atoms with Crippen LogP contribution in [0.1, 0.15) is 31.1 Å². The second kappa shape index (κ2) is 6.80. The van der Waals surface area contributed by atoms with Gasteiger partial charge in [-0.05, 0) is 32.9 Å². The van der Waals surface area contributed by atoms with E-state index in [9.17, 15) is 9.59 Å². The lowest BCUT2D eigenvalue weighted by molar-refractivity contribution is -0.139. The minimum atomic E-state index is -0.606. The molecule has 0 bridgehead atoms. The number of esters is 1. The van der Waals surface area contributed by atoms with Crippen molar-refractivity contribution in [2.45, 2.75) is 26.8 Å². The number of hydrogen-bond donors (Lipinski definition) is 2. The summed E-state index contributed by atoms with van der Waals surface area (Å²) in [4.78, 5) is 24.3. The zero-order valence-corrected chi connectivity index (χ0v) is 14.4. The Hall–Kier alpha value is -3.09. The van der Waals surface area contributed by atoms with E-state index in [1.807, 2.05) is 43.5 Å². The van der Waals surface area contributed by atoms with Crippen molar-refractivity contribution in [3.63, 3.8) is 0 Å². The summed E-state index contributed by atoms with van der Waals surface area (Å²) in [5.74, 6) is -0.454. The molecule has 25 heavy (non-hydrogen) atoms. The Labute approximate surface area is 145 Å². The summed E-state index contributed by atoms with van der Waals surface area (Å²) in [6, 6.07) is 8.68. The first-order valence-electron chi connectivity index (χ1n) is 8.08. The highest BCUT2D eigenvalue weighted by Gasteiger charge is 2.34. The van der Waals surface area contributed by atoms with Crippen LogP contribution >= 0.6 is 0 Å². The van der Waals surface area contributed by atoms with Crippen LogP contribution in [-0.2, 0) is 9.53 Å². The molecule has 0 unspecified atom stereocenters. The van der Waals surface area contributed by atoms with Crippen LogP contribution in [-0.4, -0.2) is 28.4 Å². The Morgan fingerprint density at radius 3 is 2.68 bits per heavy atom. The second-order valence-electron chi connectivity index (χ2n) is 5.74. The van der Waals surface area contributed by atoms with Crippen LogP contribution in [0.5, 0.6) is 0 Å². The average Bonchev–Trinajstić information content (AvgIpc) is 2.97. The number of carbonyl (C=O) groups excluding carboxylic acids is 2. The van der Waals surface area contributed by atoms with Gasteiger partial charge >= 0.3 is 12.0 Å². The van der Waals surface area contributed by atoms with Gasteiger partial charge < -0.3 is 15.4 Å². The van der Waals surface area contributed by atoms with Gasteiger partial charge in [-0.3, -0.25) is 0 Å². The lowest BCUT2D eigenvalue weighted by Gasteiger charge is -2.27. The van der Waals surface area contributed by atoms with Crippen LogP contribution in [0.2, 0.25) is 0 Å². The van der Waals surface area contributed by atoms with Gasteiger partial charge in [-0.15, -0.1) is 0 Å². The topological polar surface area (TPSA) is 85.2 Å². The lowest BCUT2D eigenvalue weighted by atomic mass is 9.96. The number of allylic oxidation sites excluding steroid dienone is 1. The zero-order valence-electron chi connectivity index (χ0n) is 14.4. The molecule has 2 amide bonds. The molecule has 0 fully saturated rings. The molecule has 0 aliphatic carbocycles. The molecule has 2 heterocycles. The summed E-state index contributed by atoms with van der Waals surface area (Å²) in [5.41, 5.74) is 3.25. The number of benzene rings is 1. The van der Waals surface area contributed by atoms with Gasteiger partial charge in [0.2, 0.25) is 0 Å². The molecule has 1 atom stereocenters. The smallest absolute Gasteiger partial charge is 0.338 e. The number of aryl methyl sites for hydroxylation is 1. The highest BCUT2D eigenvalue weighted by atomic mass is 16.5. The summed E-state index contributed by atoms with van der Waals surface area (Å²) in [6.07, 6.45) is 1.83. The molecule has 0 saturated carbocycles. The fraction of sp³-hybridized carbons (Fsp3) is 0.278. The molecule has 3 rings (SSSR count). The Bertz CT molecular complexity index is 839. The van der Waals surface area contributed by atoms with Crippen LogP contribution in [0.15, 0.2) is 47.8 Å². The van der Waals surface area contributed by atoms with Crippen LogP contribution in [0.25, 0.3) is 5.69 Å². The second-order valence-corrected chi connectivity index (χ2v) is 5.74. The molecule has 2 aromatic rings. The monoisotopic (exact) mass is 340 g/mol. The third-order valence-electron chi connectivity index (χ3n) is 4.03. The molecule has 1 aromatic carbocycles. The van der Waals surface area contributed by atoms with Gasteiger partial charge in [-0.2, -0.15) is 5.10 Å². The van der Waals surface area contributed by atoms with Crippen LogP contribution in [0.4, 0.5) is 4.79 Å². The molecular formula is C18H20N4O3. The largest absolute Gasteiger partial charge is 0.463 e. The molecule has 0 spiro atoms. The quantitative estimate of drug-likeness (QED) is 0.837. The van der Waals surface area contributed by atoms with E-state index in [0.29, 0.717) is 11.3 Å². The van der Waals surface area contributed by atoms with Crippen molar-refractivity contribution in [3.05, 3.63) is 59.1 Å². The predicted octanol–water partition coefficient (Wildman–Crippen LogP) is 2.37. The number of para-hydroxylation sites is 1. The van der Waals surface area contributed by atoms with E-state index in [-0.39, 0.29) is 12.6 Å². The van der Waals surface area contributed by atoms with Crippen LogP contribution in [0, 0.1) is 6.92 Å². The first kappa shape index (κ1) is 16.8. The van der Waals surface area contributed by atoms with Gasteiger partial charge in [0.15, 0.2) is 0 Å². The summed E-state index contributed by atoms with van der Waals surface area (Å²) in [6.45, 7) is 5.55. The number of ether oxygens (including phenoxy) is 1. The number of rotatable bonds is 4. The van der Waals surface area contributed by atoms with Crippen molar-refractivity contribution in [3.8, 4) is 5.69 Å². The summed E-state index contributed by atoms with van der Waals surface area (Å²) in [7, 11) is 0. The van der Waals surface area contributed by atoms with E-state index in [1.54, 1.807) is 18.5 Å². The maximum Gasteiger partial charge on any atom is 0.338 e. The van der Waals surface area contributed by atoms with Crippen molar-refractivity contribution in [2.75, 3.05) is 6.61 Å². The van der Waals surface area contributed by atoms with Crippen molar-refractivity contribution >= 4 is 12.0 Å². The summed E-state index contributed by atoms with van der Waals surface area (Å²) in [5, 5.41) is 9.94. The molecule has 1 aromatic heterocycles. The van der Waals surface area contributed by atoms with E-state index in [4.69, 9.17) is 4.74 Å². The van der Waals surface area contributed by atoms with E-state index in [2.05, 4.69) is 15.7 Å². The molecule has 7 heteroatoms. The van der Waals surface area contributed by atoms with Gasteiger partial charge in [0, 0.05) is 17.5 Å². The molecule has 1 aliphatic heterocycles. The third-order valence-corrected chi connectivity index (χ3v) is 4.03. The van der Waals surface area contributed by atoms with Gasteiger partial charge in [-0.25, -0.2) is 14.3 Å². The number of aromatic nitrogens is 2. The minimum Gasteiger partial charge on any atom is -0.463 e. The Morgan fingerprint density at radius 1 is 1.28 bits per heavy atom. The van der Waals surface area contributed by atoms with Crippen molar-refractivity contribution in [1.29, 1.82) is 0 Å². The molecule has 0 radical (unpaired) electrons. The number of carbonyl (C=O) groups is 2. The number of amides is 2. The highest BCUT2D eigenvalue weighted by molar-refractivity contribution is 5.95. The van der Waals surface area contributed by atoms with E-state index < -0.39 is 12.0 Å². The number of hydrogen-bond acceptors (Lipinski definition) is 4. The fourth-order valence-corrected chi connectivity index (χ4v) is 2.88. The molecule has 130 valence electrons.